The summed E-state index contributed by atoms with van der Waals surface area (Å²) in [5.41, 5.74) is 1.15. The van der Waals surface area contributed by atoms with Crippen LogP contribution in [0.1, 0.15) is 32.6 Å². The molecule has 2 aromatic rings. The summed E-state index contributed by atoms with van der Waals surface area (Å²) in [5, 5.41) is 9.95. The largest absolute Gasteiger partial charge is 0.487 e. The maximum atomic E-state index is 14.5. The number of hydrogen-bond acceptors (Lipinski definition) is 8. The minimum Gasteiger partial charge on any atom is -0.487 e. The molecular formula is C24H32F2N6O2. The number of aromatic nitrogens is 2. The highest BCUT2D eigenvalue weighted by molar-refractivity contribution is 5.68. The quantitative estimate of drug-likeness (QED) is 0.535. The Bertz CT molecular complexity index is 976. The van der Waals surface area contributed by atoms with Crippen LogP contribution in [0.3, 0.4) is 0 Å². The third-order valence-corrected chi connectivity index (χ3v) is 6.46. The molecule has 1 atom stereocenters. The minimum atomic E-state index is -0.741. The lowest BCUT2D eigenvalue weighted by Gasteiger charge is -2.35. The highest BCUT2D eigenvalue weighted by Gasteiger charge is 2.25. The van der Waals surface area contributed by atoms with Crippen molar-refractivity contribution in [3.8, 4) is 5.75 Å². The number of rotatable bonds is 8. The van der Waals surface area contributed by atoms with E-state index < -0.39 is 11.6 Å². The molecular weight excluding hydrogens is 442 g/mol. The highest BCUT2D eigenvalue weighted by Crippen LogP contribution is 2.33. The SMILES string of the molecule is C[C@@H]1CN(c2cnc(Nc3cc(F)c(OCC4CC4)c(F)c3)nc2NC2CCOCC2)CCN1. The van der Waals surface area contributed by atoms with Crippen molar-refractivity contribution in [2.45, 2.75) is 44.7 Å². The molecule has 3 N–H and O–H groups in total. The number of benzene rings is 1. The Hall–Kier alpha value is -2.72. The smallest absolute Gasteiger partial charge is 0.229 e. The molecule has 1 aliphatic carbocycles. The van der Waals surface area contributed by atoms with E-state index in [9.17, 15) is 8.78 Å². The van der Waals surface area contributed by atoms with E-state index >= 15 is 0 Å². The molecule has 0 amide bonds. The Morgan fingerprint density at radius 1 is 1.18 bits per heavy atom. The second-order valence-corrected chi connectivity index (χ2v) is 9.41. The van der Waals surface area contributed by atoms with Crippen molar-refractivity contribution in [1.82, 2.24) is 15.3 Å². The van der Waals surface area contributed by atoms with E-state index in [4.69, 9.17) is 14.5 Å². The number of halogens is 2. The van der Waals surface area contributed by atoms with Gasteiger partial charge in [0.25, 0.3) is 0 Å². The summed E-state index contributed by atoms with van der Waals surface area (Å²) in [4.78, 5) is 11.4. The van der Waals surface area contributed by atoms with Crippen LogP contribution in [0.25, 0.3) is 0 Å². The van der Waals surface area contributed by atoms with Gasteiger partial charge in [0.1, 0.15) is 0 Å². The van der Waals surface area contributed by atoms with E-state index in [1.165, 1.54) is 12.1 Å². The number of ether oxygens (including phenoxy) is 2. The number of nitrogens with one attached hydrogen (secondary N) is 3. The first-order chi connectivity index (χ1) is 16.5. The molecule has 5 rings (SSSR count). The van der Waals surface area contributed by atoms with Crippen LogP contribution in [0.15, 0.2) is 18.3 Å². The summed E-state index contributed by atoms with van der Waals surface area (Å²) in [5.74, 6) is -0.423. The zero-order chi connectivity index (χ0) is 23.5. The summed E-state index contributed by atoms with van der Waals surface area (Å²) in [6, 6.07) is 3.03. The molecule has 8 nitrogen and oxygen atoms in total. The first-order valence-corrected chi connectivity index (χ1v) is 12.1. The molecule has 2 aliphatic heterocycles. The lowest BCUT2D eigenvalue weighted by atomic mass is 10.1. The predicted molar refractivity (Wildman–Crippen MR) is 127 cm³/mol. The van der Waals surface area contributed by atoms with Crippen molar-refractivity contribution in [2.24, 2.45) is 5.92 Å². The van der Waals surface area contributed by atoms with Crippen molar-refractivity contribution in [2.75, 3.05) is 55.0 Å². The van der Waals surface area contributed by atoms with Crippen LogP contribution in [0.2, 0.25) is 0 Å². The Morgan fingerprint density at radius 2 is 1.94 bits per heavy atom. The van der Waals surface area contributed by atoms with Gasteiger partial charge in [-0.25, -0.2) is 13.8 Å². The lowest BCUT2D eigenvalue weighted by molar-refractivity contribution is 0.0904. The van der Waals surface area contributed by atoms with Crippen molar-refractivity contribution >= 4 is 23.1 Å². The molecule has 184 valence electrons. The fourth-order valence-electron chi connectivity index (χ4n) is 4.34. The van der Waals surface area contributed by atoms with E-state index in [0.717, 1.165) is 51.0 Å². The van der Waals surface area contributed by atoms with Crippen LogP contribution in [0.5, 0.6) is 5.75 Å². The fraction of sp³-hybridized carbons (Fsp3) is 0.583. The van der Waals surface area contributed by atoms with Gasteiger partial charge >= 0.3 is 0 Å². The van der Waals surface area contributed by atoms with Gasteiger partial charge in [-0.2, -0.15) is 4.98 Å². The van der Waals surface area contributed by atoms with Gasteiger partial charge in [-0.3, -0.25) is 0 Å². The van der Waals surface area contributed by atoms with Gasteiger partial charge in [-0.1, -0.05) is 0 Å². The Labute approximate surface area is 198 Å². The first-order valence-electron chi connectivity index (χ1n) is 12.1. The average Bonchev–Trinajstić information content (AvgIpc) is 3.64. The number of hydrogen-bond donors (Lipinski definition) is 3. The molecule has 2 saturated heterocycles. The van der Waals surface area contributed by atoms with Crippen LogP contribution in [0, 0.1) is 17.6 Å². The summed E-state index contributed by atoms with van der Waals surface area (Å²) >= 11 is 0. The van der Waals surface area contributed by atoms with E-state index in [1.807, 2.05) is 0 Å². The van der Waals surface area contributed by atoms with Gasteiger partial charge in [0.2, 0.25) is 5.95 Å². The summed E-state index contributed by atoms with van der Waals surface area (Å²) < 4.78 is 39.9. The Kier molecular flexibility index (Phi) is 6.96. The molecule has 1 saturated carbocycles. The molecule has 0 spiro atoms. The summed E-state index contributed by atoms with van der Waals surface area (Å²) in [6.07, 6.45) is 5.65. The van der Waals surface area contributed by atoms with E-state index in [0.29, 0.717) is 37.6 Å². The maximum absolute atomic E-state index is 14.5. The summed E-state index contributed by atoms with van der Waals surface area (Å²) in [6.45, 7) is 6.49. The number of anilines is 4. The van der Waals surface area contributed by atoms with Crippen molar-refractivity contribution in [3.63, 3.8) is 0 Å². The van der Waals surface area contributed by atoms with Gasteiger partial charge in [0.15, 0.2) is 23.2 Å². The van der Waals surface area contributed by atoms with Gasteiger partial charge in [-0.05, 0) is 38.5 Å². The van der Waals surface area contributed by atoms with Crippen molar-refractivity contribution in [1.29, 1.82) is 0 Å². The molecule has 34 heavy (non-hydrogen) atoms. The molecule has 3 aliphatic rings. The van der Waals surface area contributed by atoms with Crippen LogP contribution in [-0.2, 0) is 4.74 Å². The third kappa shape index (κ3) is 5.67. The van der Waals surface area contributed by atoms with Crippen LogP contribution in [0.4, 0.5) is 31.9 Å². The van der Waals surface area contributed by atoms with Gasteiger partial charge < -0.3 is 30.3 Å². The predicted octanol–water partition coefficient (Wildman–Crippen LogP) is 3.68. The second-order valence-electron chi connectivity index (χ2n) is 9.41. The Morgan fingerprint density at radius 3 is 2.65 bits per heavy atom. The number of nitrogens with zero attached hydrogens (tertiary/aromatic N) is 3. The zero-order valence-corrected chi connectivity index (χ0v) is 19.4. The topological polar surface area (TPSA) is 83.6 Å². The molecule has 0 radical (unpaired) electrons. The summed E-state index contributed by atoms with van der Waals surface area (Å²) in [7, 11) is 0. The fourth-order valence-corrected chi connectivity index (χ4v) is 4.34. The van der Waals surface area contributed by atoms with E-state index in [1.54, 1.807) is 6.20 Å². The number of piperazine rings is 1. The Balaban J connectivity index is 1.36. The highest BCUT2D eigenvalue weighted by atomic mass is 19.1. The van der Waals surface area contributed by atoms with Gasteiger partial charge in [0, 0.05) is 62.8 Å². The van der Waals surface area contributed by atoms with E-state index in [-0.39, 0.29) is 23.4 Å². The first kappa shape index (κ1) is 23.0. The molecule has 1 aromatic carbocycles. The van der Waals surface area contributed by atoms with Gasteiger partial charge in [0.05, 0.1) is 18.5 Å². The molecule has 10 heteroatoms. The normalized spacial score (nSPS) is 21.4. The minimum absolute atomic E-state index is 0.231. The molecule has 3 heterocycles. The van der Waals surface area contributed by atoms with E-state index in [2.05, 4.69) is 32.8 Å². The molecule has 3 fully saturated rings. The maximum Gasteiger partial charge on any atom is 0.229 e. The van der Waals surface area contributed by atoms with Crippen LogP contribution in [-0.4, -0.2) is 61.5 Å². The van der Waals surface area contributed by atoms with Crippen LogP contribution < -0.4 is 25.6 Å². The second kappa shape index (κ2) is 10.3. The molecule has 0 unspecified atom stereocenters. The van der Waals surface area contributed by atoms with Crippen molar-refractivity contribution in [3.05, 3.63) is 30.0 Å². The molecule has 0 bridgehead atoms. The molecule has 1 aromatic heterocycles. The van der Waals surface area contributed by atoms with Gasteiger partial charge in [-0.15, -0.1) is 0 Å². The third-order valence-electron chi connectivity index (χ3n) is 6.46. The van der Waals surface area contributed by atoms with Crippen molar-refractivity contribution < 1.29 is 18.3 Å². The zero-order valence-electron chi connectivity index (χ0n) is 19.4. The van der Waals surface area contributed by atoms with Crippen LogP contribution >= 0.6 is 0 Å². The average molecular weight is 475 g/mol. The lowest BCUT2D eigenvalue weighted by Crippen LogP contribution is -2.49. The monoisotopic (exact) mass is 474 g/mol. The standard InChI is InChI=1S/C24H32F2N6O2/c1-15-13-32(7-6-27-15)21-12-28-24(31-23(21)29-17-4-8-33-9-5-17)30-18-10-19(25)22(20(26)11-18)34-14-16-2-3-16/h10-12,15-17,27H,2-9,13-14H2,1H3,(H2,28,29,30,31)/t15-/m1/s1.